The highest BCUT2D eigenvalue weighted by Crippen LogP contribution is 2.16. The molecule has 1 aliphatic heterocycles. The molecule has 1 saturated heterocycles. The van der Waals surface area contributed by atoms with Gasteiger partial charge in [-0.1, -0.05) is 6.92 Å². The van der Waals surface area contributed by atoms with Crippen LogP contribution in [0.5, 0.6) is 0 Å². The predicted octanol–water partition coefficient (Wildman–Crippen LogP) is 1.67. The summed E-state index contributed by atoms with van der Waals surface area (Å²) in [7, 11) is 4.36. The molecule has 1 atom stereocenters. The van der Waals surface area contributed by atoms with Crippen molar-refractivity contribution in [2.45, 2.75) is 26.2 Å². The summed E-state index contributed by atoms with van der Waals surface area (Å²) >= 11 is 0. The minimum absolute atomic E-state index is 0.912. The van der Waals surface area contributed by atoms with Crippen LogP contribution in [0.1, 0.15) is 26.2 Å². The van der Waals surface area contributed by atoms with Crippen molar-refractivity contribution in [2.75, 3.05) is 40.3 Å². The molecular weight excluding hydrogens is 160 g/mol. The molecule has 0 bridgehead atoms. The second-order valence-electron chi connectivity index (χ2n) is 4.57. The summed E-state index contributed by atoms with van der Waals surface area (Å²) in [5, 5.41) is 0. The second kappa shape index (κ2) is 5.61. The third-order valence-corrected chi connectivity index (χ3v) is 2.77. The van der Waals surface area contributed by atoms with Crippen molar-refractivity contribution in [1.82, 2.24) is 9.80 Å². The van der Waals surface area contributed by atoms with Gasteiger partial charge in [-0.25, -0.2) is 0 Å². The Labute approximate surface area is 82.9 Å². The molecule has 78 valence electrons. The lowest BCUT2D eigenvalue weighted by atomic mass is 9.97. The molecule has 0 aromatic rings. The van der Waals surface area contributed by atoms with Gasteiger partial charge >= 0.3 is 0 Å². The van der Waals surface area contributed by atoms with Crippen LogP contribution in [0, 0.1) is 5.92 Å². The molecule has 0 N–H and O–H groups in total. The van der Waals surface area contributed by atoms with Crippen LogP contribution in [-0.2, 0) is 0 Å². The smallest absolute Gasteiger partial charge is 0.00219 e. The van der Waals surface area contributed by atoms with E-state index in [0.717, 1.165) is 5.92 Å². The van der Waals surface area contributed by atoms with Crippen LogP contribution < -0.4 is 0 Å². The van der Waals surface area contributed by atoms with Crippen LogP contribution in [0.15, 0.2) is 0 Å². The lowest BCUT2D eigenvalue weighted by molar-refractivity contribution is 0.152. The van der Waals surface area contributed by atoms with Gasteiger partial charge < -0.3 is 9.80 Å². The van der Waals surface area contributed by atoms with Crippen molar-refractivity contribution in [3.63, 3.8) is 0 Å². The Balaban J connectivity index is 2.24. The van der Waals surface area contributed by atoms with Gasteiger partial charge in [0, 0.05) is 13.1 Å². The molecule has 1 fully saturated rings. The zero-order chi connectivity index (χ0) is 9.68. The Morgan fingerprint density at radius 2 is 2.15 bits per heavy atom. The van der Waals surface area contributed by atoms with Crippen molar-refractivity contribution in [1.29, 1.82) is 0 Å². The van der Waals surface area contributed by atoms with E-state index in [1.165, 1.54) is 45.4 Å². The SMILES string of the molecule is CCCN1CCCC(CN(C)C)C1. The maximum atomic E-state index is 2.62. The number of rotatable bonds is 4. The van der Waals surface area contributed by atoms with Crippen LogP contribution in [0.2, 0.25) is 0 Å². The molecule has 1 unspecified atom stereocenters. The molecule has 13 heavy (non-hydrogen) atoms. The first-order chi connectivity index (χ1) is 6.22. The molecule has 0 aromatic carbocycles. The van der Waals surface area contributed by atoms with E-state index < -0.39 is 0 Å². The Morgan fingerprint density at radius 1 is 1.38 bits per heavy atom. The topological polar surface area (TPSA) is 6.48 Å². The van der Waals surface area contributed by atoms with Gasteiger partial charge in [0.25, 0.3) is 0 Å². The van der Waals surface area contributed by atoms with Crippen molar-refractivity contribution in [2.24, 2.45) is 5.92 Å². The quantitative estimate of drug-likeness (QED) is 0.656. The lowest BCUT2D eigenvalue weighted by Gasteiger charge is -2.33. The van der Waals surface area contributed by atoms with Crippen molar-refractivity contribution >= 4 is 0 Å². The highest BCUT2D eigenvalue weighted by molar-refractivity contribution is 4.74. The standard InChI is InChI=1S/C11H24N2/c1-4-7-13-8-5-6-11(10-13)9-12(2)3/h11H,4-10H2,1-3H3. The van der Waals surface area contributed by atoms with E-state index in [1.807, 2.05) is 0 Å². The van der Waals surface area contributed by atoms with Gasteiger partial charge in [-0.05, 0) is 52.4 Å². The highest BCUT2D eigenvalue weighted by Gasteiger charge is 2.19. The van der Waals surface area contributed by atoms with E-state index in [-0.39, 0.29) is 0 Å². The summed E-state index contributed by atoms with van der Waals surface area (Å²) < 4.78 is 0. The average molecular weight is 184 g/mol. The first-order valence-corrected chi connectivity index (χ1v) is 5.59. The molecule has 0 spiro atoms. The van der Waals surface area contributed by atoms with Gasteiger partial charge in [-0.2, -0.15) is 0 Å². The zero-order valence-electron chi connectivity index (χ0n) is 9.42. The number of likely N-dealkylation sites (tertiary alicyclic amines) is 1. The Morgan fingerprint density at radius 3 is 2.77 bits per heavy atom. The van der Waals surface area contributed by atoms with Crippen LogP contribution in [0.25, 0.3) is 0 Å². The van der Waals surface area contributed by atoms with E-state index in [0.29, 0.717) is 0 Å². The summed E-state index contributed by atoms with van der Waals surface area (Å²) in [5.41, 5.74) is 0. The normalized spacial score (nSPS) is 25.4. The summed E-state index contributed by atoms with van der Waals surface area (Å²) in [6.07, 6.45) is 4.13. The van der Waals surface area contributed by atoms with Crippen molar-refractivity contribution in [3.8, 4) is 0 Å². The Bertz CT molecular complexity index is 132. The minimum atomic E-state index is 0.912. The molecule has 2 heteroatoms. The van der Waals surface area contributed by atoms with Gasteiger partial charge in [-0.3, -0.25) is 0 Å². The molecule has 1 rings (SSSR count). The Hall–Kier alpha value is -0.0800. The first kappa shape index (κ1) is 11.0. The van der Waals surface area contributed by atoms with Gasteiger partial charge in [0.15, 0.2) is 0 Å². The van der Waals surface area contributed by atoms with E-state index in [4.69, 9.17) is 0 Å². The molecule has 1 heterocycles. The second-order valence-corrected chi connectivity index (χ2v) is 4.57. The largest absolute Gasteiger partial charge is 0.309 e. The molecule has 0 amide bonds. The fraction of sp³-hybridized carbons (Fsp3) is 1.00. The number of hydrogen-bond donors (Lipinski definition) is 0. The molecule has 0 radical (unpaired) electrons. The number of hydrogen-bond acceptors (Lipinski definition) is 2. The van der Waals surface area contributed by atoms with Gasteiger partial charge in [-0.15, -0.1) is 0 Å². The van der Waals surface area contributed by atoms with Crippen molar-refractivity contribution < 1.29 is 0 Å². The van der Waals surface area contributed by atoms with Crippen LogP contribution in [0.3, 0.4) is 0 Å². The molecule has 1 aliphatic rings. The third-order valence-electron chi connectivity index (χ3n) is 2.77. The summed E-state index contributed by atoms with van der Waals surface area (Å²) in [4.78, 5) is 4.94. The monoisotopic (exact) mass is 184 g/mol. The Kier molecular flexibility index (Phi) is 4.74. The zero-order valence-corrected chi connectivity index (χ0v) is 9.42. The molecule has 0 aromatic heterocycles. The number of nitrogens with zero attached hydrogens (tertiary/aromatic N) is 2. The van der Waals surface area contributed by atoms with Gasteiger partial charge in [0.05, 0.1) is 0 Å². The number of piperidine rings is 1. The average Bonchev–Trinajstić information content (AvgIpc) is 2.04. The lowest BCUT2D eigenvalue weighted by Crippen LogP contribution is -2.39. The molecular formula is C11H24N2. The fourth-order valence-electron chi connectivity index (χ4n) is 2.34. The van der Waals surface area contributed by atoms with Gasteiger partial charge in [0.2, 0.25) is 0 Å². The van der Waals surface area contributed by atoms with Crippen LogP contribution in [-0.4, -0.2) is 50.1 Å². The highest BCUT2D eigenvalue weighted by atomic mass is 15.1. The summed E-state index contributed by atoms with van der Waals surface area (Å²) in [6, 6.07) is 0. The molecule has 2 nitrogen and oxygen atoms in total. The minimum Gasteiger partial charge on any atom is -0.309 e. The van der Waals surface area contributed by atoms with Gasteiger partial charge in [0.1, 0.15) is 0 Å². The van der Waals surface area contributed by atoms with Crippen LogP contribution >= 0.6 is 0 Å². The van der Waals surface area contributed by atoms with Crippen LogP contribution in [0.4, 0.5) is 0 Å². The maximum Gasteiger partial charge on any atom is 0.00219 e. The van der Waals surface area contributed by atoms with E-state index in [1.54, 1.807) is 0 Å². The first-order valence-electron chi connectivity index (χ1n) is 5.59. The predicted molar refractivity (Wildman–Crippen MR) is 58.0 cm³/mol. The maximum absolute atomic E-state index is 2.62. The molecule has 0 aliphatic carbocycles. The fourth-order valence-corrected chi connectivity index (χ4v) is 2.34. The van der Waals surface area contributed by atoms with E-state index in [9.17, 15) is 0 Å². The third kappa shape index (κ3) is 4.10. The molecule has 0 saturated carbocycles. The van der Waals surface area contributed by atoms with E-state index in [2.05, 4.69) is 30.8 Å². The summed E-state index contributed by atoms with van der Waals surface area (Å²) in [6.45, 7) is 7.49. The van der Waals surface area contributed by atoms with Crippen molar-refractivity contribution in [3.05, 3.63) is 0 Å². The summed E-state index contributed by atoms with van der Waals surface area (Å²) in [5.74, 6) is 0.912. The van der Waals surface area contributed by atoms with E-state index >= 15 is 0 Å².